The molecule has 10 heteroatoms. The van der Waals surface area contributed by atoms with Gasteiger partial charge in [-0.3, -0.25) is 38.7 Å². The summed E-state index contributed by atoms with van der Waals surface area (Å²) >= 11 is 0. The van der Waals surface area contributed by atoms with Crippen LogP contribution in [-0.4, -0.2) is 55.2 Å². The molecule has 0 spiro atoms. The van der Waals surface area contributed by atoms with Crippen LogP contribution < -0.4 is 0 Å². The number of rotatable bonds is 3. The van der Waals surface area contributed by atoms with Crippen molar-refractivity contribution < 1.29 is 28.8 Å². The molecule has 0 aromatic carbocycles. The number of carbonyl (C=O) groups excluding carboxylic acids is 6. The van der Waals surface area contributed by atoms with Gasteiger partial charge in [0, 0.05) is 49.2 Å². The van der Waals surface area contributed by atoms with Crippen molar-refractivity contribution in [2.75, 3.05) is 0 Å². The molecular formula is C20H14N4O6. The van der Waals surface area contributed by atoms with Crippen molar-refractivity contribution in [2.45, 2.75) is 25.7 Å². The van der Waals surface area contributed by atoms with Gasteiger partial charge in [0.05, 0.1) is 11.4 Å². The number of carbonyl (C=O) groups is 6. The lowest BCUT2D eigenvalue weighted by atomic mass is 10.1. The lowest BCUT2D eigenvalue weighted by molar-refractivity contribution is -0.136. The number of nitrogens with zero attached hydrogens (tertiary/aromatic N) is 4. The van der Waals surface area contributed by atoms with E-state index in [9.17, 15) is 28.8 Å². The van der Waals surface area contributed by atoms with E-state index in [0.717, 1.165) is 0 Å². The van der Waals surface area contributed by atoms with E-state index in [2.05, 4.69) is 9.97 Å². The average molecular weight is 406 g/mol. The van der Waals surface area contributed by atoms with E-state index < -0.39 is 35.4 Å². The van der Waals surface area contributed by atoms with Crippen molar-refractivity contribution in [2.24, 2.45) is 0 Å². The van der Waals surface area contributed by atoms with Crippen molar-refractivity contribution in [1.82, 2.24) is 19.8 Å². The molecule has 2 aromatic heterocycles. The lowest BCUT2D eigenvalue weighted by Crippen LogP contribution is -2.35. The van der Waals surface area contributed by atoms with Crippen molar-refractivity contribution in [1.29, 1.82) is 0 Å². The second-order valence-electron chi connectivity index (χ2n) is 6.72. The highest BCUT2D eigenvalue weighted by molar-refractivity contribution is 6.20. The van der Waals surface area contributed by atoms with E-state index in [4.69, 9.17) is 0 Å². The van der Waals surface area contributed by atoms with Crippen LogP contribution in [0.15, 0.2) is 36.7 Å². The first-order chi connectivity index (χ1) is 14.4. The molecule has 2 aliphatic rings. The first-order valence-corrected chi connectivity index (χ1v) is 9.09. The van der Waals surface area contributed by atoms with Gasteiger partial charge in [-0.15, -0.1) is 0 Å². The number of hydrogen-bond donors (Lipinski definition) is 0. The molecule has 6 amide bonds. The van der Waals surface area contributed by atoms with Gasteiger partial charge in [-0.1, -0.05) is 0 Å². The maximum absolute atomic E-state index is 12.6. The Labute approximate surface area is 169 Å². The van der Waals surface area contributed by atoms with E-state index >= 15 is 0 Å². The molecule has 4 heterocycles. The third-order valence-corrected chi connectivity index (χ3v) is 4.79. The molecular weight excluding hydrogens is 392 g/mol. The van der Waals surface area contributed by atoms with Crippen molar-refractivity contribution in [3.05, 3.63) is 47.8 Å². The van der Waals surface area contributed by atoms with E-state index in [-0.39, 0.29) is 48.2 Å². The molecule has 0 aliphatic carbocycles. The highest BCUT2D eigenvalue weighted by atomic mass is 16.2. The van der Waals surface area contributed by atoms with Crippen molar-refractivity contribution in [3.63, 3.8) is 0 Å². The molecule has 0 N–H and O–H groups in total. The summed E-state index contributed by atoms with van der Waals surface area (Å²) in [5.41, 5.74) is 0.557. The Balaban J connectivity index is 1.64. The molecule has 0 radical (unpaired) electrons. The summed E-state index contributed by atoms with van der Waals surface area (Å²) in [7, 11) is 0. The van der Waals surface area contributed by atoms with Crippen LogP contribution in [0.3, 0.4) is 0 Å². The second-order valence-corrected chi connectivity index (χ2v) is 6.72. The zero-order valence-corrected chi connectivity index (χ0v) is 15.5. The Kier molecular flexibility index (Phi) is 4.74. The summed E-state index contributed by atoms with van der Waals surface area (Å²) in [6, 6.07) is 5.43. The summed E-state index contributed by atoms with van der Waals surface area (Å²) in [5, 5.41) is 0. The Morgan fingerprint density at radius 2 is 0.967 bits per heavy atom. The number of amides is 6. The normalized spacial score (nSPS) is 16.5. The number of likely N-dealkylation sites (tertiary alicyclic amines) is 2. The third-order valence-electron chi connectivity index (χ3n) is 4.79. The molecule has 2 aromatic rings. The fraction of sp³-hybridized carbons (Fsp3) is 0.200. The van der Waals surface area contributed by atoms with Crippen LogP contribution in [0.25, 0.3) is 11.4 Å². The van der Waals surface area contributed by atoms with Gasteiger partial charge < -0.3 is 0 Å². The molecule has 2 aliphatic heterocycles. The van der Waals surface area contributed by atoms with Gasteiger partial charge in [0.1, 0.15) is 0 Å². The van der Waals surface area contributed by atoms with E-state index in [1.165, 1.54) is 36.7 Å². The van der Waals surface area contributed by atoms with Gasteiger partial charge in [0.25, 0.3) is 11.8 Å². The molecule has 0 saturated carbocycles. The topological polar surface area (TPSA) is 135 Å². The number of imide groups is 6. The Bertz CT molecular complexity index is 1020. The van der Waals surface area contributed by atoms with Gasteiger partial charge in [0.2, 0.25) is 23.6 Å². The van der Waals surface area contributed by atoms with Crippen LogP contribution in [0, 0.1) is 0 Å². The first-order valence-electron chi connectivity index (χ1n) is 9.09. The molecule has 4 rings (SSSR count). The molecule has 2 saturated heterocycles. The fourth-order valence-electron chi connectivity index (χ4n) is 3.27. The van der Waals surface area contributed by atoms with Crippen LogP contribution in [0.2, 0.25) is 0 Å². The summed E-state index contributed by atoms with van der Waals surface area (Å²) in [4.78, 5) is 81.9. The molecule has 10 nitrogen and oxygen atoms in total. The largest absolute Gasteiger partial charge is 0.274 e. The highest BCUT2D eigenvalue weighted by Gasteiger charge is 2.36. The first kappa shape index (κ1) is 19.2. The van der Waals surface area contributed by atoms with Crippen LogP contribution in [-0.2, 0) is 19.2 Å². The maximum Gasteiger partial charge on any atom is 0.267 e. The zero-order chi connectivity index (χ0) is 21.4. The van der Waals surface area contributed by atoms with E-state index in [1.807, 2.05) is 0 Å². The van der Waals surface area contributed by atoms with Crippen LogP contribution >= 0.6 is 0 Å². The van der Waals surface area contributed by atoms with Crippen LogP contribution in [0.5, 0.6) is 0 Å². The SMILES string of the molecule is O=C1CCC(=O)N1C(=O)c1ccnc(-c2cc(C(=O)N3C(=O)CCC3=O)ccn2)c1. The molecule has 2 fully saturated rings. The number of hydrogen-bond acceptors (Lipinski definition) is 8. The zero-order valence-electron chi connectivity index (χ0n) is 15.5. The lowest BCUT2D eigenvalue weighted by Gasteiger charge is -2.13. The minimum atomic E-state index is -0.758. The van der Waals surface area contributed by atoms with Gasteiger partial charge in [-0.05, 0) is 24.3 Å². The third kappa shape index (κ3) is 3.28. The number of aromatic nitrogens is 2. The molecule has 150 valence electrons. The molecule has 0 bridgehead atoms. The Morgan fingerprint density at radius 3 is 1.30 bits per heavy atom. The summed E-state index contributed by atoms with van der Waals surface area (Å²) in [5.74, 6) is -3.76. The minimum Gasteiger partial charge on any atom is -0.274 e. The maximum atomic E-state index is 12.6. The molecule has 0 unspecified atom stereocenters. The van der Waals surface area contributed by atoms with Gasteiger partial charge in [-0.25, -0.2) is 9.80 Å². The second kappa shape index (κ2) is 7.39. The summed E-state index contributed by atoms with van der Waals surface area (Å²) < 4.78 is 0. The van der Waals surface area contributed by atoms with Crippen molar-refractivity contribution >= 4 is 35.4 Å². The monoisotopic (exact) mass is 406 g/mol. The summed E-state index contributed by atoms with van der Waals surface area (Å²) in [6.45, 7) is 0. The molecule has 30 heavy (non-hydrogen) atoms. The molecule has 0 atom stereocenters. The fourth-order valence-corrected chi connectivity index (χ4v) is 3.27. The number of pyridine rings is 2. The van der Waals surface area contributed by atoms with Gasteiger partial charge >= 0.3 is 0 Å². The van der Waals surface area contributed by atoms with Crippen LogP contribution in [0.1, 0.15) is 46.4 Å². The van der Waals surface area contributed by atoms with E-state index in [1.54, 1.807) is 0 Å². The van der Waals surface area contributed by atoms with Crippen molar-refractivity contribution in [3.8, 4) is 11.4 Å². The van der Waals surface area contributed by atoms with Gasteiger partial charge in [0.15, 0.2) is 0 Å². The Hall–Kier alpha value is -4.08. The predicted octanol–water partition coefficient (Wildman–Crippen LogP) is 0.722. The smallest absolute Gasteiger partial charge is 0.267 e. The summed E-state index contributed by atoms with van der Waals surface area (Å²) in [6.07, 6.45) is 2.59. The quantitative estimate of drug-likeness (QED) is 0.681. The Morgan fingerprint density at radius 1 is 0.633 bits per heavy atom. The van der Waals surface area contributed by atoms with E-state index in [0.29, 0.717) is 9.80 Å². The van der Waals surface area contributed by atoms with Gasteiger partial charge in [-0.2, -0.15) is 0 Å². The minimum absolute atomic E-state index is 0.0117. The standard InChI is InChI=1S/C20H14N4O6/c25-15-1-2-16(26)23(15)19(29)11-5-7-21-13(9-11)14-10-12(6-8-22-14)20(30)24-17(27)3-4-18(24)28/h5-10H,1-4H2. The average Bonchev–Trinajstić information content (AvgIpc) is 3.27. The van der Waals surface area contributed by atoms with Crippen LogP contribution in [0.4, 0.5) is 0 Å². The highest BCUT2D eigenvalue weighted by Crippen LogP contribution is 2.22. The predicted molar refractivity (Wildman–Crippen MR) is 98.3 cm³/mol.